The van der Waals surface area contributed by atoms with E-state index in [0.717, 1.165) is 11.6 Å². The summed E-state index contributed by atoms with van der Waals surface area (Å²) in [6.07, 6.45) is 0.700. The molecule has 1 amide bonds. The molecule has 0 saturated carbocycles. The van der Waals surface area contributed by atoms with Crippen molar-refractivity contribution < 1.29 is 18.1 Å². The molecule has 25 heavy (non-hydrogen) atoms. The number of benzene rings is 2. The van der Waals surface area contributed by atoms with Crippen LogP contribution in [0.15, 0.2) is 47.4 Å². The summed E-state index contributed by atoms with van der Waals surface area (Å²) in [7, 11) is -4.14. The third-order valence-corrected chi connectivity index (χ3v) is 5.39. The maximum absolute atomic E-state index is 12.5. The van der Waals surface area contributed by atoms with Crippen molar-refractivity contribution in [2.45, 2.75) is 18.2 Å². The lowest BCUT2D eigenvalue weighted by atomic mass is 10.1. The summed E-state index contributed by atoms with van der Waals surface area (Å²) in [6.45, 7) is 1.99. The van der Waals surface area contributed by atoms with Crippen LogP contribution in [0.25, 0.3) is 0 Å². The fourth-order valence-corrected chi connectivity index (χ4v) is 4.04. The molecule has 9 heteroatoms. The molecule has 1 aliphatic rings. The maximum atomic E-state index is 12.5. The van der Waals surface area contributed by atoms with E-state index in [-0.39, 0.29) is 11.6 Å². The quantitative estimate of drug-likeness (QED) is 0.664. The second-order valence-electron chi connectivity index (χ2n) is 5.59. The first-order valence-electron chi connectivity index (χ1n) is 7.47. The van der Waals surface area contributed by atoms with Crippen LogP contribution >= 0.6 is 0 Å². The highest BCUT2D eigenvalue weighted by atomic mass is 32.2. The molecule has 130 valence electrons. The van der Waals surface area contributed by atoms with E-state index >= 15 is 0 Å². The van der Waals surface area contributed by atoms with Crippen LogP contribution in [-0.2, 0) is 21.2 Å². The average molecular weight is 361 g/mol. The van der Waals surface area contributed by atoms with Crippen LogP contribution in [-0.4, -0.2) is 25.8 Å². The number of amides is 1. The number of sulfonamides is 1. The van der Waals surface area contributed by atoms with Gasteiger partial charge in [-0.1, -0.05) is 18.2 Å². The standard InChI is InChI=1S/C16H15N3O5S/c1-11(20)18-9-8-12-6-7-13(10-15(12)18)17-25(23,24)16-5-3-2-4-14(16)19(21)22/h2-7,10,17H,8-9H2,1H3. The van der Waals surface area contributed by atoms with Crippen LogP contribution < -0.4 is 9.62 Å². The Morgan fingerprint density at radius 1 is 1.24 bits per heavy atom. The second kappa shape index (κ2) is 6.17. The molecule has 8 nitrogen and oxygen atoms in total. The monoisotopic (exact) mass is 361 g/mol. The summed E-state index contributed by atoms with van der Waals surface area (Å²) >= 11 is 0. The number of carbonyl (C=O) groups excluding carboxylic acids is 1. The van der Waals surface area contributed by atoms with E-state index < -0.39 is 25.5 Å². The number of nitro groups is 1. The molecule has 0 fully saturated rings. The molecular formula is C16H15N3O5S. The van der Waals surface area contributed by atoms with Crippen molar-refractivity contribution in [1.82, 2.24) is 0 Å². The van der Waals surface area contributed by atoms with Crippen LogP contribution in [0.4, 0.5) is 17.1 Å². The topological polar surface area (TPSA) is 110 Å². The molecule has 0 aliphatic carbocycles. The minimum atomic E-state index is -4.14. The minimum absolute atomic E-state index is 0.127. The summed E-state index contributed by atoms with van der Waals surface area (Å²) in [5.74, 6) is -0.127. The molecule has 1 N–H and O–H groups in total. The molecule has 0 aromatic heterocycles. The molecular weight excluding hydrogens is 346 g/mol. The van der Waals surface area contributed by atoms with Crippen LogP contribution in [0, 0.1) is 10.1 Å². The maximum Gasteiger partial charge on any atom is 0.289 e. The van der Waals surface area contributed by atoms with E-state index in [1.165, 1.54) is 25.1 Å². The van der Waals surface area contributed by atoms with E-state index in [0.29, 0.717) is 18.7 Å². The van der Waals surface area contributed by atoms with Gasteiger partial charge in [-0.25, -0.2) is 8.42 Å². The Labute approximate surface area is 144 Å². The highest BCUT2D eigenvalue weighted by molar-refractivity contribution is 7.92. The Kier molecular flexibility index (Phi) is 4.17. The molecule has 3 rings (SSSR count). The first kappa shape index (κ1) is 16.9. The van der Waals surface area contributed by atoms with Gasteiger partial charge >= 0.3 is 0 Å². The Morgan fingerprint density at radius 2 is 1.96 bits per heavy atom. The smallest absolute Gasteiger partial charge is 0.289 e. The Hall–Kier alpha value is -2.94. The van der Waals surface area contributed by atoms with Crippen LogP contribution in [0.2, 0.25) is 0 Å². The Bertz CT molecular complexity index is 971. The summed E-state index contributed by atoms with van der Waals surface area (Å²) in [5, 5.41) is 11.1. The average Bonchev–Trinajstić information content (AvgIpc) is 2.97. The summed E-state index contributed by atoms with van der Waals surface area (Å²) < 4.78 is 27.4. The number of nitro benzene ring substituents is 1. The zero-order chi connectivity index (χ0) is 18.2. The first-order chi connectivity index (χ1) is 11.8. The predicted molar refractivity (Wildman–Crippen MR) is 92.1 cm³/mol. The molecule has 0 atom stereocenters. The van der Waals surface area contributed by atoms with Gasteiger partial charge in [0.05, 0.1) is 10.6 Å². The van der Waals surface area contributed by atoms with Gasteiger partial charge in [-0.2, -0.15) is 0 Å². The highest BCUT2D eigenvalue weighted by Crippen LogP contribution is 2.32. The summed E-state index contributed by atoms with van der Waals surface area (Å²) in [5.41, 5.74) is 1.34. The minimum Gasteiger partial charge on any atom is -0.312 e. The fraction of sp³-hybridized carbons (Fsp3) is 0.188. The van der Waals surface area contributed by atoms with Crippen molar-refractivity contribution >= 4 is 33.0 Å². The van der Waals surface area contributed by atoms with Gasteiger partial charge in [0, 0.05) is 25.2 Å². The summed E-state index contributed by atoms with van der Waals surface area (Å²) in [6, 6.07) is 10.0. The van der Waals surface area contributed by atoms with E-state index in [2.05, 4.69) is 4.72 Å². The number of rotatable bonds is 4. The molecule has 1 aliphatic heterocycles. The summed E-state index contributed by atoms with van der Waals surface area (Å²) in [4.78, 5) is 23.1. The zero-order valence-corrected chi connectivity index (χ0v) is 14.1. The van der Waals surface area contributed by atoms with Crippen molar-refractivity contribution in [2.75, 3.05) is 16.2 Å². The van der Waals surface area contributed by atoms with E-state index in [1.807, 2.05) is 0 Å². The van der Waals surface area contributed by atoms with Crippen molar-refractivity contribution in [3.8, 4) is 0 Å². The van der Waals surface area contributed by atoms with Crippen molar-refractivity contribution in [1.29, 1.82) is 0 Å². The number of fused-ring (bicyclic) bond motifs is 1. The second-order valence-corrected chi connectivity index (χ2v) is 7.25. The first-order valence-corrected chi connectivity index (χ1v) is 8.95. The molecule has 2 aromatic rings. The van der Waals surface area contributed by atoms with Gasteiger partial charge in [0.25, 0.3) is 15.7 Å². The molecule has 0 saturated heterocycles. The van der Waals surface area contributed by atoms with Crippen LogP contribution in [0.5, 0.6) is 0 Å². The molecule has 0 unspecified atom stereocenters. The lowest BCUT2D eigenvalue weighted by molar-refractivity contribution is -0.387. The number of nitrogens with zero attached hydrogens (tertiary/aromatic N) is 2. The third kappa shape index (κ3) is 3.18. The molecule has 0 spiro atoms. The molecule has 0 radical (unpaired) electrons. The fourth-order valence-electron chi connectivity index (χ4n) is 2.82. The van der Waals surface area contributed by atoms with Gasteiger partial charge < -0.3 is 4.90 Å². The molecule has 2 aromatic carbocycles. The largest absolute Gasteiger partial charge is 0.312 e. The third-order valence-electron chi connectivity index (χ3n) is 3.96. The Balaban J connectivity index is 1.97. The Morgan fingerprint density at radius 3 is 2.64 bits per heavy atom. The van der Waals surface area contributed by atoms with Gasteiger partial charge in [0.1, 0.15) is 0 Å². The van der Waals surface area contributed by atoms with Gasteiger partial charge in [-0.3, -0.25) is 19.6 Å². The molecule has 0 bridgehead atoms. The number of anilines is 2. The zero-order valence-electron chi connectivity index (χ0n) is 13.3. The number of hydrogen-bond acceptors (Lipinski definition) is 5. The normalized spacial score (nSPS) is 13.4. The lowest BCUT2D eigenvalue weighted by Crippen LogP contribution is -2.25. The SMILES string of the molecule is CC(=O)N1CCc2ccc(NS(=O)(=O)c3ccccc3[N+](=O)[O-])cc21. The van der Waals surface area contributed by atoms with Gasteiger partial charge in [-0.15, -0.1) is 0 Å². The van der Waals surface area contributed by atoms with Gasteiger partial charge in [0.2, 0.25) is 5.91 Å². The number of hydrogen-bond donors (Lipinski definition) is 1. The molecule has 1 heterocycles. The lowest BCUT2D eigenvalue weighted by Gasteiger charge is -2.16. The highest BCUT2D eigenvalue weighted by Gasteiger charge is 2.27. The van der Waals surface area contributed by atoms with E-state index in [9.17, 15) is 23.3 Å². The van der Waals surface area contributed by atoms with Gasteiger partial charge in [-0.05, 0) is 30.2 Å². The van der Waals surface area contributed by atoms with Crippen molar-refractivity contribution in [3.05, 3.63) is 58.1 Å². The van der Waals surface area contributed by atoms with E-state index in [4.69, 9.17) is 0 Å². The number of para-hydroxylation sites is 1. The predicted octanol–water partition coefficient (Wildman–Crippen LogP) is 2.30. The van der Waals surface area contributed by atoms with Crippen molar-refractivity contribution in [2.24, 2.45) is 0 Å². The number of carbonyl (C=O) groups is 1. The van der Waals surface area contributed by atoms with Gasteiger partial charge in [0.15, 0.2) is 4.90 Å². The van der Waals surface area contributed by atoms with Crippen LogP contribution in [0.3, 0.4) is 0 Å². The van der Waals surface area contributed by atoms with Crippen LogP contribution in [0.1, 0.15) is 12.5 Å². The van der Waals surface area contributed by atoms with Crippen molar-refractivity contribution in [3.63, 3.8) is 0 Å². The van der Waals surface area contributed by atoms with E-state index in [1.54, 1.807) is 23.1 Å². The number of nitrogens with one attached hydrogen (secondary N) is 1.